The van der Waals surface area contributed by atoms with Gasteiger partial charge in [-0.1, -0.05) is 0 Å². The summed E-state index contributed by atoms with van der Waals surface area (Å²) in [5, 5.41) is 17.8. The lowest BCUT2D eigenvalue weighted by Gasteiger charge is -2.13. The molecule has 1 atom stereocenters. The van der Waals surface area contributed by atoms with Gasteiger partial charge in [-0.3, -0.25) is 0 Å². The van der Waals surface area contributed by atoms with Gasteiger partial charge >= 0.3 is 0 Å². The van der Waals surface area contributed by atoms with Crippen molar-refractivity contribution in [1.82, 2.24) is 4.72 Å². The molecule has 5 N–H and O–H groups in total. The Labute approximate surface area is 119 Å². The van der Waals surface area contributed by atoms with Crippen LogP contribution in [0.3, 0.4) is 0 Å². The first-order valence-electron chi connectivity index (χ1n) is 5.23. The van der Waals surface area contributed by atoms with Crippen molar-refractivity contribution >= 4 is 31.6 Å². The summed E-state index contributed by atoms with van der Waals surface area (Å²) in [5.74, 6) is 0.118. The Morgan fingerprint density at radius 2 is 2.16 bits per heavy atom. The molecule has 0 saturated carbocycles. The monoisotopic (exact) mass is 354 g/mol. The molecule has 0 bridgehead atoms. The minimum Gasteiger partial charge on any atom is -0.495 e. The van der Waals surface area contributed by atoms with Crippen LogP contribution < -0.4 is 15.2 Å². The quantitative estimate of drug-likeness (QED) is 0.519. The largest absolute Gasteiger partial charge is 0.495 e. The number of hydrogen-bond acceptors (Lipinski definition) is 6. The number of anilines is 1. The van der Waals surface area contributed by atoms with E-state index in [0.717, 1.165) is 0 Å². The summed E-state index contributed by atoms with van der Waals surface area (Å²) in [4.78, 5) is -0.138. The highest BCUT2D eigenvalue weighted by atomic mass is 79.9. The van der Waals surface area contributed by atoms with E-state index in [2.05, 4.69) is 20.7 Å². The second-order valence-electron chi connectivity index (χ2n) is 3.71. The number of ether oxygens (including phenoxy) is 1. The van der Waals surface area contributed by atoms with Crippen LogP contribution in [0.15, 0.2) is 21.5 Å². The maximum absolute atomic E-state index is 12.0. The molecule has 1 rings (SSSR count). The average molecular weight is 355 g/mol. The molecule has 7 nitrogen and oxygen atoms in total. The van der Waals surface area contributed by atoms with E-state index in [9.17, 15) is 8.42 Å². The van der Waals surface area contributed by atoms with E-state index >= 15 is 0 Å². The van der Waals surface area contributed by atoms with Crippen molar-refractivity contribution in [2.45, 2.75) is 11.0 Å². The van der Waals surface area contributed by atoms with Crippen molar-refractivity contribution in [3.63, 3.8) is 0 Å². The van der Waals surface area contributed by atoms with Crippen molar-refractivity contribution in [2.75, 3.05) is 26.0 Å². The number of nitrogens with two attached hydrogens (primary N) is 1. The lowest BCUT2D eigenvalue weighted by Crippen LogP contribution is -2.34. The predicted octanol–water partition coefficient (Wildman–Crippen LogP) is -0.329. The fourth-order valence-corrected chi connectivity index (χ4v) is 2.85. The first-order chi connectivity index (χ1) is 8.81. The van der Waals surface area contributed by atoms with E-state index in [1.807, 2.05) is 0 Å². The molecular weight excluding hydrogens is 340 g/mol. The van der Waals surface area contributed by atoms with E-state index in [4.69, 9.17) is 20.7 Å². The van der Waals surface area contributed by atoms with Crippen molar-refractivity contribution in [3.8, 4) is 5.75 Å². The van der Waals surface area contributed by atoms with E-state index in [0.29, 0.717) is 4.47 Å². The number of rotatable bonds is 6. The molecule has 0 aliphatic heterocycles. The summed E-state index contributed by atoms with van der Waals surface area (Å²) in [6.07, 6.45) is -1.17. The highest BCUT2D eigenvalue weighted by Crippen LogP contribution is 2.32. The first-order valence-corrected chi connectivity index (χ1v) is 7.51. The number of sulfonamides is 1. The predicted molar refractivity (Wildman–Crippen MR) is 73.4 cm³/mol. The van der Waals surface area contributed by atoms with Gasteiger partial charge in [-0.05, 0) is 28.1 Å². The molecule has 0 aliphatic rings. The molecule has 0 saturated heterocycles. The molecule has 0 heterocycles. The van der Waals surface area contributed by atoms with Crippen LogP contribution in [0.5, 0.6) is 5.75 Å². The number of methoxy groups -OCH3 is 1. The van der Waals surface area contributed by atoms with Crippen molar-refractivity contribution in [3.05, 3.63) is 16.6 Å². The van der Waals surface area contributed by atoms with Gasteiger partial charge in [0.1, 0.15) is 10.6 Å². The highest BCUT2D eigenvalue weighted by Gasteiger charge is 2.21. The molecule has 0 fully saturated rings. The smallest absolute Gasteiger partial charge is 0.244 e. The van der Waals surface area contributed by atoms with Crippen molar-refractivity contribution in [2.24, 2.45) is 0 Å². The Hall–Kier alpha value is -0.870. The number of benzene rings is 1. The molecule has 9 heteroatoms. The van der Waals surface area contributed by atoms with Crippen LogP contribution in [-0.4, -0.2) is 45.0 Å². The van der Waals surface area contributed by atoms with Crippen LogP contribution >= 0.6 is 15.9 Å². The molecule has 1 aromatic rings. The Morgan fingerprint density at radius 1 is 1.53 bits per heavy atom. The third kappa shape index (κ3) is 4.05. The minimum atomic E-state index is -3.89. The zero-order valence-corrected chi connectivity index (χ0v) is 12.5. The summed E-state index contributed by atoms with van der Waals surface area (Å²) < 4.78 is 31.7. The summed E-state index contributed by atoms with van der Waals surface area (Å²) in [5.41, 5.74) is 5.88. The van der Waals surface area contributed by atoms with E-state index in [1.54, 1.807) is 0 Å². The Kier molecular flexibility index (Phi) is 5.56. The van der Waals surface area contributed by atoms with Gasteiger partial charge in [0.05, 0.1) is 19.8 Å². The van der Waals surface area contributed by atoms with Gasteiger partial charge in [0.2, 0.25) is 10.0 Å². The van der Waals surface area contributed by atoms with Gasteiger partial charge in [-0.25, -0.2) is 13.1 Å². The Morgan fingerprint density at radius 3 is 2.68 bits per heavy atom. The van der Waals surface area contributed by atoms with Gasteiger partial charge in [0.15, 0.2) is 0 Å². The molecule has 19 heavy (non-hydrogen) atoms. The number of halogens is 1. The number of aliphatic hydroxyl groups excluding tert-OH is 2. The van der Waals surface area contributed by atoms with Crippen molar-refractivity contribution in [1.29, 1.82) is 0 Å². The summed E-state index contributed by atoms with van der Waals surface area (Å²) >= 11 is 3.17. The Bertz CT molecular complexity index is 549. The van der Waals surface area contributed by atoms with E-state index in [1.165, 1.54) is 19.2 Å². The van der Waals surface area contributed by atoms with Crippen LogP contribution in [0.25, 0.3) is 0 Å². The average Bonchev–Trinajstić information content (AvgIpc) is 2.38. The summed E-state index contributed by atoms with van der Waals surface area (Å²) in [6, 6.07) is 2.68. The standard InChI is InChI=1S/C10H15BrN2O5S/c1-18-9-2-7(11)8(12)3-10(9)19(16,17)13-4-6(15)5-14/h2-3,6,13-15H,4-5,12H2,1H3. The number of nitrogen functional groups attached to an aromatic ring is 1. The third-order valence-corrected chi connectivity index (χ3v) is 4.42. The zero-order chi connectivity index (χ0) is 14.6. The second-order valence-corrected chi connectivity index (χ2v) is 6.30. The molecular formula is C10H15BrN2O5S. The normalized spacial score (nSPS) is 13.3. The molecule has 0 spiro atoms. The maximum atomic E-state index is 12.0. The third-order valence-electron chi connectivity index (χ3n) is 2.29. The van der Waals surface area contributed by atoms with Gasteiger partial charge in [-0.2, -0.15) is 0 Å². The Balaban J connectivity index is 3.10. The number of aliphatic hydroxyl groups is 2. The summed E-state index contributed by atoms with van der Waals surface area (Å²) in [6.45, 7) is -0.847. The van der Waals surface area contributed by atoms with E-state index < -0.39 is 22.7 Å². The molecule has 1 unspecified atom stereocenters. The zero-order valence-electron chi connectivity index (χ0n) is 10.1. The first kappa shape index (κ1) is 16.2. The van der Waals surface area contributed by atoms with E-state index in [-0.39, 0.29) is 22.9 Å². The number of hydrogen-bond donors (Lipinski definition) is 4. The molecule has 0 radical (unpaired) electrons. The maximum Gasteiger partial charge on any atom is 0.244 e. The van der Waals surface area contributed by atoms with Gasteiger partial charge in [-0.15, -0.1) is 0 Å². The van der Waals surface area contributed by atoms with Crippen LogP contribution in [-0.2, 0) is 10.0 Å². The van der Waals surface area contributed by atoms with Crippen LogP contribution in [0.1, 0.15) is 0 Å². The second kappa shape index (κ2) is 6.53. The van der Waals surface area contributed by atoms with Gasteiger partial charge in [0.25, 0.3) is 0 Å². The fraction of sp³-hybridized carbons (Fsp3) is 0.400. The molecule has 0 amide bonds. The lowest BCUT2D eigenvalue weighted by molar-refractivity contribution is 0.0988. The lowest BCUT2D eigenvalue weighted by atomic mass is 10.3. The van der Waals surface area contributed by atoms with Crippen molar-refractivity contribution < 1.29 is 23.4 Å². The topological polar surface area (TPSA) is 122 Å². The van der Waals surface area contributed by atoms with Crippen LogP contribution in [0.2, 0.25) is 0 Å². The number of nitrogens with one attached hydrogen (secondary N) is 1. The summed E-state index contributed by atoms with van der Waals surface area (Å²) in [7, 11) is -2.56. The molecule has 108 valence electrons. The van der Waals surface area contributed by atoms with Gasteiger partial charge < -0.3 is 20.7 Å². The highest BCUT2D eigenvalue weighted by molar-refractivity contribution is 9.10. The van der Waals surface area contributed by atoms with Gasteiger partial charge in [0, 0.05) is 16.7 Å². The van der Waals surface area contributed by atoms with Crippen LogP contribution in [0.4, 0.5) is 5.69 Å². The molecule has 0 aliphatic carbocycles. The minimum absolute atomic E-state index is 0.118. The fourth-order valence-electron chi connectivity index (χ4n) is 1.27. The SMILES string of the molecule is COc1cc(Br)c(N)cc1S(=O)(=O)NCC(O)CO. The molecule has 0 aromatic heterocycles. The molecule has 1 aromatic carbocycles. The van der Waals surface area contributed by atoms with Crippen LogP contribution in [0, 0.1) is 0 Å².